The van der Waals surface area contributed by atoms with Gasteiger partial charge in [0.25, 0.3) is 0 Å². The molecule has 2 rings (SSSR count). The summed E-state index contributed by atoms with van der Waals surface area (Å²) in [6.07, 6.45) is 0. The molecule has 0 bridgehead atoms. The van der Waals surface area contributed by atoms with Gasteiger partial charge in [-0.3, -0.25) is 0 Å². The third kappa shape index (κ3) is 3.31. The minimum Gasteiger partial charge on any atom is -0.495 e. The van der Waals surface area contributed by atoms with E-state index in [1.54, 1.807) is 37.4 Å². The fourth-order valence-electron chi connectivity index (χ4n) is 1.65. The Kier molecular flexibility index (Phi) is 4.51. The largest absolute Gasteiger partial charge is 0.495 e. The Labute approximate surface area is 121 Å². The highest BCUT2D eigenvalue weighted by Crippen LogP contribution is 2.28. The summed E-state index contributed by atoms with van der Waals surface area (Å²) in [4.78, 5) is 0. The first-order valence-corrected chi connectivity index (χ1v) is 6.37. The van der Waals surface area contributed by atoms with Gasteiger partial charge in [0.15, 0.2) is 0 Å². The number of benzene rings is 2. The van der Waals surface area contributed by atoms with E-state index in [0.29, 0.717) is 22.9 Å². The molecule has 0 aromatic heterocycles. The molecule has 0 fully saturated rings. The van der Waals surface area contributed by atoms with Crippen molar-refractivity contribution in [2.24, 2.45) is 0 Å². The van der Waals surface area contributed by atoms with Gasteiger partial charge in [-0.25, -0.2) is 4.39 Å². The van der Waals surface area contributed by atoms with Crippen LogP contribution in [0, 0.1) is 5.82 Å². The first kappa shape index (κ1) is 14.0. The third-order valence-corrected chi connectivity index (χ3v) is 3.27. The van der Waals surface area contributed by atoms with Gasteiger partial charge in [-0.15, -0.1) is 0 Å². The smallest absolute Gasteiger partial charge is 0.146 e. The van der Waals surface area contributed by atoms with Gasteiger partial charge in [0.1, 0.15) is 11.6 Å². The van der Waals surface area contributed by atoms with Crippen molar-refractivity contribution in [3.8, 4) is 5.75 Å². The Morgan fingerprint density at radius 1 is 1.16 bits per heavy atom. The fourth-order valence-corrected chi connectivity index (χ4v) is 2.04. The molecular weight excluding hydrogens is 288 g/mol. The molecule has 1 N–H and O–H groups in total. The zero-order valence-electron chi connectivity index (χ0n) is 10.2. The Morgan fingerprint density at radius 2 is 1.95 bits per heavy atom. The second-order valence-corrected chi connectivity index (χ2v) is 4.73. The molecule has 19 heavy (non-hydrogen) atoms. The van der Waals surface area contributed by atoms with E-state index >= 15 is 0 Å². The number of halogens is 3. The van der Waals surface area contributed by atoms with E-state index in [4.69, 9.17) is 27.9 Å². The third-order valence-electron chi connectivity index (χ3n) is 2.67. The molecule has 0 aliphatic carbocycles. The van der Waals surface area contributed by atoms with Crippen molar-refractivity contribution in [2.75, 3.05) is 12.4 Å². The number of anilines is 1. The molecule has 0 aliphatic rings. The predicted molar refractivity (Wildman–Crippen MR) is 76.7 cm³/mol. The molecule has 0 atom stereocenters. The summed E-state index contributed by atoms with van der Waals surface area (Å²) in [6, 6.07) is 10.2. The van der Waals surface area contributed by atoms with Crippen molar-refractivity contribution in [1.29, 1.82) is 0 Å². The van der Waals surface area contributed by atoms with Crippen molar-refractivity contribution in [3.63, 3.8) is 0 Å². The molecule has 100 valence electrons. The van der Waals surface area contributed by atoms with Crippen LogP contribution in [0.3, 0.4) is 0 Å². The number of hydrogen-bond donors (Lipinski definition) is 1. The van der Waals surface area contributed by atoms with Crippen LogP contribution in [0.2, 0.25) is 10.0 Å². The Hall–Kier alpha value is -1.45. The van der Waals surface area contributed by atoms with Gasteiger partial charge in [-0.1, -0.05) is 35.3 Å². The van der Waals surface area contributed by atoms with Crippen molar-refractivity contribution in [1.82, 2.24) is 0 Å². The summed E-state index contributed by atoms with van der Waals surface area (Å²) in [7, 11) is 1.54. The highest BCUT2D eigenvalue weighted by atomic mass is 35.5. The van der Waals surface area contributed by atoms with Crippen LogP contribution in [0.1, 0.15) is 5.56 Å². The molecule has 0 spiro atoms. The molecule has 0 unspecified atom stereocenters. The van der Waals surface area contributed by atoms with Gasteiger partial charge in [-0.05, 0) is 18.2 Å². The van der Waals surface area contributed by atoms with E-state index in [9.17, 15) is 4.39 Å². The molecule has 2 aromatic carbocycles. The second kappa shape index (κ2) is 6.13. The standard InChI is InChI=1S/C14H12Cl2FNO/c1-19-13-7-10(5-6-11(13)15)18-8-9-3-2-4-12(16)14(9)17/h2-7,18H,8H2,1H3. The van der Waals surface area contributed by atoms with E-state index in [1.807, 2.05) is 0 Å². The van der Waals surface area contributed by atoms with Crippen LogP contribution < -0.4 is 10.1 Å². The van der Waals surface area contributed by atoms with E-state index in [2.05, 4.69) is 5.32 Å². The Balaban J connectivity index is 2.12. The van der Waals surface area contributed by atoms with Gasteiger partial charge in [0.05, 0.1) is 17.2 Å². The molecule has 0 saturated carbocycles. The lowest BCUT2D eigenvalue weighted by Crippen LogP contribution is -2.02. The van der Waals surface area contributed by atoms with Gasteiger partial charge >= 0.3 is 0 Å². The molecule has 0 saturated heterocycles. The maximum absolute atomic E-state index is 13.7. The predicted octanol–water partition coefficient (Wildman–Crippen LogP) is 4.75. The minimum absolute atomic E-state index is 0.119. The highest BCUT2D eigenvalue weighted by molar-refractivity contribution is 6.32. The summed E-state index contributed by atoms with van der Waals surface area (Å²) < 4.78 is 18.8. The van der Waals surface area contributed by atoms with Gasteiger partial charge in [0, 0.05) is 23.9 Å². The average molecular weight is 300 g/mol. The normalized spacial score (nSPS) is 10.3. The molecule has 2 aromatic rings. The summed E-state index contributed by atoms with van der Waals surface area (Å²) in [5.74, 6) is 0.163. The summed E-state index contributed by atoms with van der Waals surface area (Å²) >= 11 is 11.7. The number of ether oxygens (including phenoxy) is 1. The van der Waals surface area contributed by atoms with Crippen LogP contribution >= 0.6 is 23.2 Å². The molecule has 0 amide bonds. The van der Waals surface area contributed by atoms with E-state index < -0.39 is 5.82 Å². The van der Waals surface area contributed by atoms with Crippen LogP contribution in [-0.2, 0) is 6.54 Å². The molecule has 0 radical (unpaired) electrons. The first-order valence-electron chi connectivity index (χ1n) is 5.62. The number of rotatable bonds is 4. The van der Waals surface area contributed by atoms with Crippen LogP contribution in [0.5, 0.6) is 5.75 Å². The first-order chi connectivity index (χ1) is 9.11. The van der Waals surface area contributed by atoms with Crippen LogP contribution in [0.15, 0.2) is 36.4 Å². The quantitative estimate of drug-likeness (QED) is 0.879. The van der Waals surface area contributed by atoms with E-state index in [1.165, 1.54) is 6.07 Å². The lowest BCUT2D eigenvalue weighted by molar-refractivity contribution is 0.415. The lowest BCUT2D eigenvalue weighted by atomic mass is 10.2. The van der Waals surface area contributed by atoms with Crippen LogP contribution in [0.4, 0.5) is 10.1 Å². The minimum atomic E-state index is -0.405. The maximum Gasteiger partial charge on any atom is 0.146 e. The Bertz CT molecular complexity index is 590. The molecule has 0 aliphatic heterocycles. The SMILES string of the molecule is COc1cc(NCc2cccc(Cl)c2F)ccc1Cl. The molecular formula is C14H12Cl2FNO. The highest BCUT2D eigenvalue weighted by Gasteiger charge is 2.06. The Morgan fingerprint density at radius 3 is 2.68 bits per heavy atom. The molecule has 0 heterocycles. The number of methoxy groups -OCH3 is 1. The molecule has 2 nitrogen and oxygen atoms in total. The van der Waals surface area contributed by atoms with Crippen molar-refractivity contribution in [2.45, 2.75) is 6.54 Å². The summed E-state index contributed by atoms with van der Waals surface area (Å²) in [6.45, 7) is 0.331. The fraction of sp³-hybridized carbons (Fsp3) is 0.143. The number of hydrogen-bond acceptors (Lipinski definition) is 2. The van der Waals surface area contributed by atoms with E-state index in [0.717, 1.165) is 5.69 Å². The van der Waals surface area contributed by atoms with Gasteiger partial charge in [0.2, 0.25) is 0 Å². The van der Waals surface area contributed by atoms with Crippen molar-refractivity contribution in [3.05, 3.63) is 57.8 Å². The molecule has 5 heteroatoms. The van der Waals surface area contributed by atoms with Gasteiger partial charge in [-0.2, -0.15) is 0 Å². The van der Waals surface area contributed by atoms with Gasteiger partial charge < -0.3 is 10.1 Å². The zero-order valence-corrected chi connectivity index (χ0v) is 11.7. The van der Waals surface area contributed by atoms with Crippen molar-refractivity contribution < 1.29 is 9.13 Å². The average Bonchev–Trinajstić information content (AvgIpc) is 2.42. The van der Waals surface area contributed by atoms with E-state index in [-0.39, 0.29) is 5.02 Å². The van der Waals surface area contributed by atoms with Crippen LogP contribution in [-0.4, -0.2) is 7.11 Å². The zero-order chi connectivity index (χ0) is 13.8. The maximum atomic E-state index is 13.7. The summed E-state index contributed by atoms with van der Waals surface area (Å²) in [5, 5.41) is 3.74. The lowest BCUT2D eigenvalue weighted by Gasteiger charge is -2.10. The second-order valence-electron chi connectivity index (χ2n) is 3.92. The number of nitrogens with one attached hydrogen (secondary N) is 1. The van der Waals surface area contributed by atoms with Crippen LogP contribution in [0.25, 0.3) is 0 Å². The topological polar surface area (TPSA) is 21.3 Å². The monoisotopic (exact) mass is 299 g/mol. The van der Waals surface area contributed by atoms with Crippen molar-refractivity contribution >= 4 is 28.9 Å². The summed E-state index contributed by atoms with van der Waals surface area (Å²) in [5.41, 5.74) is 1.29.